The minimum Gasteiger partial charge on any atom is -0.372 e. The summed E-state index contributed by atoms with van der Waals surface area (Å²) in [7, 11) is -1.56. The predicted molar refractivity (Wildman–Crippen MR) is 151 cm³/mol. The van der Waals surface area contributed by atoms with Crippen LogP contribution in [0.4, 0.5) is 5.82 Å². The molecule has 9 heteroatoms. The van der Waals surface area contributed by atoms with Gasteiger partial charge in [0, 0.05) is 57.8 Å². The second kappa shape index (κ2) is 12.1. The van der Waals surface area contributed by atoms with Crippen molar-refractivity contribution in [3.63, 3.8) is 0 Å². The van der Waals surface area contributed by atoms with Crippen LogP contribution in [-0.2, 0) is 14.8 Å². The van der Waals surface area contributed by atoms with Crippen molar-refractivity contribution in [2.75, 3.05) is 51.3 Å². The zero-order valence-corrected chi connectivity index (χ0v) is 23.3. The molecule has 204 valence electrons. The number of hydrogen-bond donors (Lipinski definition) is 0. The Hall–Kier alpha value is -2.59. The standard InChI is InChI=1S/C29H39N5O3S/c1-3-37-28(23-10-6-4-7-11-23)21-33-16-18-34(19-17-33)38(35,36)25-14-15-27-26(20-25)29(31-22-30-27)32(2)24-12-8-5-9-13-24/h4,6-7,10-11,14-15,20,22,24,28H,3,5,8-9,12-13,16-19,21H2,1-2H3. The maximum atomic E-state index is 13.7. The number of fused-ring (bicyclic) bond motifs is 1. The molecule has 0 amide bonds. The van der Waals surface area contributed by atoms with E-state index in [0.29, 0.717) is 43.7 Å². The van der Waals surface area contributed by atoms with Crippen molar-refractivity contribution in [1.29, 1.82) is 0 Å². The first kappa shape index (κ1) is 27.0. The van der Waals surface area contributed by atoms with Gasteiger partial charge in [-0.3, -0.25) is 4.90 Å². The number of nitrogens with zero attached hydrogens (tertiary/aromatic N) is 5. The van der Waals surface area contributed by atoms with Crippen LogP contribution >= 0.6 is 0 Å². The van der Waals surface area contributed by atoms with E-state index in [2.05, 4.69) is 38.9 Å². The molecule has 1 unspecified atom stereocenters. The molecule has 0 radical (unpaired) electrons. The number of piperazine rings is 1. The van der Waals surface area contributed by atoms with Crippen LogP contribution in [0.25, 0.3) is 10.9 Å². The first-order valence-electron chi connectivity index (χ1n) is 13.8. The van der Waals surface area contributed by atoms with Crippen LogP contribution in [0, 0.1) is 0 Å². The summed E-state index contributed by atoms with van der Waals surface area (Å²) >= 11 is 0. The summed E-state index contributed by atoms with van der Waals surface area (Å²) < 4.78 is 35.0. The lowest BCUT2D eigenvalue weighted by Crippen LogP contribution is -2.49. The van der Waals surface area contributed by atoms with E-state index in [9.17, 15) is 8.42 Å². The van der Waals surface area contributed by atoms with E-state index in [4.69, 9.17) is 4.74 Å². The average molecular weight is 538 g/mol. The molecule has 2 fully saturated rings. The Morgan fingerprint density at radius 2 is 1.74 bits per heavy atom. The topological polar surface area (TPSA) is 78.9 Å². The first-order valence-corrected chi connectivity index (χ1v) is 15.3. The lowest BCUT2D eigenvalue weighted by Gasteiger charge is -2.36. The SMILES string of the molecule is CCOC(CN1CCN(S(=O)(=O)c2ccc3ncnc(N(C)C4CCCCC4)c3c2)CC1)c1ccccc1. The maximum absolute atomic E-state index is 13.7. The van der Waals surface area contributed by atoms with Crippen molar-refractivity contribution in [2.45, 2.75) is 56.1 Å². The summed E-state index contributed by atoms with van der Waals surface area (Å²) in [6.45, 7) is 5.63. The quantitative estimate of drug-likeness (QED) is 0.398. The van der Waals surface area contributed by atoms with Crippen LogP contribution in [0.1, 0.15) is 50.7 Å². The Balaban J connectivity index is 1.30. The zero-order valence-electron chi connectivity index (χ0n) is 22.5. The van der Waals surface area contributed by atoms with Crippen molar-refractivity contribution in [1.82, 2.24) is 19.2 Å². The summed E-state index contributed by atoms with van der Waals surface area (Å²) in [5, 5.41) is 0.794. The summed E-state index contributed by atoms with van der Waals surface area (Å²) in [4.78, 5) is 13.8. The van der Waals surface area contributed by atoms with E-state index < -0.39 is 10.0 Å². The van der Waals surface area contributed by atoms with Gasteiger partial charge in [-0.05, 0) is 43.5 Å². The third-order valence-electron chi connectivity index (χ3n) is 7.97. The lowest BCUT2D eigenvalue weighted by atomic mass is 9.94. The largest absolute Gasteiger partial charge is 0.372 e. The molecule has 8 nitrogen and oxygen atoms in total. The van der Waals surface area contributed by atoms with E-state index in [1.54, 1.807) is 22.8 Å². The van der Waals surface area contributed by atoms with Gasteiger partial charge in [0.15, 0.2) is 0 Å². The molecule has 38 heavy (non-hydrogen) atoms. The average Bonchev–Trinajstić information content (AvgIpc) is 2.97. The molecule has 2 heterocycles. The molecule has 0 bridgehead atoms. The molecule has 1 aromatic heterocycles. The Bertz CT molecular complexity index is 1310. The van der Waals surface area contributed by atoms with E-state index in [1.165, 1.54) is 19.3 Å². The van der Waals surface area contributed by atoms with Crippen LogP contribution in [0.15, 0.2) is 59.8 Å². The van der Waals surface area contributed by atoms with Gasteiger partial charge in [-0.1, -0.05) is 49.6 Å². The van der Waals surface area contributed by atoms with Crippen LogP contribution in [0.2, 0.25) is 0 Å². The van der Waals surface area contributed by atoms with Gasteiger partial charge in [-0.2, -0.15) is 4.31 Å². The highest BCUT2D eigenvalue weighted by atomic mass is 32.2. The highest BCUT2D eigenvalue weighted by Gasteiger charge is 2.30. The molecular formula is C29H39N5O3S. The third-order valence-corrected chi connectivity index (χ3v) is 9.87. The molecule has 1 aliphatic heterocycles. The summed E-state index contributed by atoms with van der Waals surface area (Å²) in [6, 6.07) is 15.9. The fourth-order valence-electron chi connectivity index (χ4n) is 5.76. The summed E-state index contributed by atoms with van der Waals surface area (Å²) in [5.74, 6) is 0.812. The Labute approximate surface area is 226 Å². The molecule has 3 aromatic rings. The highest BCUT2D eigenvalue weighted by molar-refractivity contribution is 7.89. The van der Waals surface area contributed by atoms with Gasteiger partial charge < -0.3 is 9.64 Å². The number of rotatable bonds is 9. The molecule has 2 aliphatic rings. The molecule has 2 aromatic carbocycles. The van der Waals surface area contributed by atoms with Crippen LogP contribution in [0.5, 0.6) is 0 Å². The van der Waals surface area contributed by atoms with Gasteiger partial charge in [0.1, 0.15) is 12.1 Å². The fraction of sp³-hybridized carbons (Fsp3) is 0.517. The van der Waals surface area contributed by atoms with Crippen molar-refractivity contribution in [3.05, 3.63) is 60.4 Å². The third kappa shape index (κ3) is 5.86. The van der Waals surface area contributed by atoms with Gasteiger partial charge in [0.2, 0.25) is 10.0 Å². The summed E-state index contributed by atoms with van der Waals surface area (Å²) in [6.07, 6.45) is 7.56. The number of benzene rings is 2. The van der Waals surface area contributed by atoms with Crippen LogP contribution in [-0.4, -0.2) is 80.0 Å². The fourth-order valence-corrected chi connectivity index (χ4v) is 7.21. The number of aromatic nitrogens is 2. The van der Waals surface area contributed by atoms with Crippen molar-refractivity contribution in [3.8, 4) is 0 Å². The number of ether oxygens (including phenoxy) is 1. The molecule has 5 rings (SSSR count). The van der Waals surface area contributed by atoms with E-state index in [-0.39, 0.29) is 6.10 Å². The minimum absolute atomic E-state index is 0.0237. The van der Waals surface area contributed by atoms with Crippen molar-refractivity contribution >= 4 is 26.7 Å². The van der Waals surface area contributed by atoms with Crippen LogP contribution in [0.3, 0.4) is 0 Å². The molecule has 1 saturated carbocycles. The van der Waals surface area contributed by atoms with E-state index in [1.807, 2.05) is 31.2 Å². The molecule has 1 atom stereocenters. The monoisotopic (exact) mass is 537 g/mol. The van der Waals surface area contributed by atoms with Gasteiger partial charge in [0.25, 0.3) is 0 Å². The van der Waals surface area contributed by atoms with Gasteiger partial charge in [0.05, 0.1) is 16.5 Å². The van der Waals surface area contributed by atoms with Gasteiger partial charge in [-0.25, -0.2) is 18.4 Å². The number of sulfonamides is 1. The molecule has 1 aliphatic carbocycles. The zero-order chi connectivity index (χ0) is 26.5. The van der Waals surface area contributed by atoms with Crippen LogP contribution < -0.4 is 4.90 Å². The smallest absolute Gasteiger partial charge is 0.243 e. The second-order valence-corrected chi connectivity index (χ2v) is 12.3. The summed E-state index contributed by atoms with van der Waals surface area (Å²) in [5.41, 5.74) is 1.92. The first-order chi connectivity index (χ1) is 18.5. The van der Waals surface area contributed by atoms with E-state index >= 15 is 0 Å². The molecule has 1 saturated heterocycles. The number of hydrogen-bond acceptors (Lipinski definition) is 7. The predicted octanol–water partition coefficient (Wildman–Crippen LogP) is 4.48. The highest BCUT2D eigenvalue weighted by Crippen LogP contribution is 2.31. The number of anilines is 1. The van der Waals surface area contributed by atoms with E-state index in [0.717, 1.165) is 41.7 Å². The van der Waals surface area contributed by atoms with Crippen molar-refractivity contribution in [2.24, 2.45) is 0 Å². The van der Waals surface area contributed by atoms with Gasteiger partial charge >= 0.3 is 0 Å². The second-order valence-electron chi connectivity index (χ2n) is 10.3. The van der Waals surface area contributed by atoms with Gasteiger partial charge in [-0.15, -0.1) is 0 Å². The normalized spacial score (nSPS) is 19.0. The Kier molecular flexibility index (Phi) is 8.57. The molecular weight excluding hydrogens is 498 g/mol. The maximum Gasteiger partial charge on any atom is 0.243 e. The Morgan fingerprint density at radius 3 is 2.45 bits per heavy atom. The minimum atomic E-state index is -3.63. The Morgan fingerprint density at radius 1 is 1.00 bits per heavy atom. The molecule has 0 spiro atoms. The van der Waals surface area contributed by atoms with Crippen molar-refractivity contribution < 1.29 is 13.2 Å². The molecule has 0 N–H and O–H groups in total. The lowest BCUT2D eigenvalue weighted by molar-refractivity contribution is 0.0249.